The standard InChI is InChI=1S/C5H11O2.K/c1-5(2,6)4-7-3;/h4H2,1-3H3;/q-1;+1. The van der Waals surface area contributed by atoms with E-state index in [-0.39, 0.29) is 58.0 Å². The second kappa shape index (κ2) is 5.35. The van der Waals surface area contributed by atoms with E-state index in [4.69, 9.17) is 0 Å². The topological polar surface area (TPSA) is 32.3 Å². The molecule has 0 rings (SSSR count). The number of methoxy groups -OCH3 is 1. The van der Waals surface area contributed by atoms with Crippen molar-refractivity contribution in [3.63, 3.8) is 0 Å². The number of ether oxygens (including phenoxy) is 1. The van der Waals surface area contributed by atoms with Crippen LogP contribution in [0.1, 0.15) is 13.8 Å². The maximum atomic E-state index is 10.6. The first-order valence-corrected chi connectivity index (χ1v) is 2.25. The molecule has 0 aliphatic rings. The maximum Gasteiger partial charge on any atom is 1.00 e. The van der Waals surface area contributed by atoms with Gasteiger partial charge in [0.15, 0.2) is 0 Å². The van der Waals surface area contributed by atoms with Crippen LogP contribution in [0, 0.1) is 0 Å². The fourth-order valence-electron chi connectivity index (χ4n) is 0.348. The van der Waals surface area contributed by atoms with Gasteiger partial charge in [-0.1, -0.05) is 19.4 Å². The largest absolute Gasteiger partial charge is 1.00 e. The van der Waals surface area contributed by atoms with Gasteiger partial charge < -0.3 is 9.84 Å². The molecule has 8 heavy (non-hydrogen) atoms. The van der Waals surface area contributed by atoms with Gasteiger partial charge in [-0.3, -0.25) is 0 Å². The summed E-state index contributed by atoms with van der Waals surface area (Å²) in [5, 5.41) is 10.6. The Labute approximate surface area is 93.0 Å². The van der Waals surface area contributed by atoms with Gasteiger partial charge in [-0.25, -0.2) is 0 Å². The minimum absolute atomic E-state index is 0. The second-order valence-electron chi connectivity index (χ2n) is 2.19. The molecule has 0 aromatic carbocycles. The van der Waals surface area contributed by atoms with Crippen LogP contribution in [0.3, 0.4) is 0 Å². The van der Waals surface area contributed by atoms with E-state index in [0.29, 0.717) is 0 Å². The average Bonchev–Trinajstić information content (AvgIpc) is 1.30. The summed E-state index contributed by atoms with van der Waals surface area (Å²) in [5.41, 5.74) is -0.922. The fourth-order valence-corrected chi connectivity index (χ4v) is 0.348. The zero-order valence-electron chi connectivity index (χ0n) is 6.02. The third-order valence-corrected chi connectivity index (χ3v) is 0.492. The van der Waals surface area contributed by atoms with Crippen molar-refractivity contribution in [2.75, 3.05) is 13.7 Å². The monoisotopic (exact) mass is 142 g/mol. The molecular formula is C5H11KO2. The van der Waals surface area contributed by atoms with Crippen LogP contribution in [-0.2, 0) is 4.74 Å². The van der Waals surface area contributed by atoms with Gasteiger partial charge in [0.05, 0.1) is 0 Å². The van der Waals surface area contributed by atoms with Gasteiger partial charge >= 0.3 is 51.4 Å². The van der Waals surface area contributed by atoms with Crippen LogP contribution in [-0.4, -0.2) is 19.3 Å². The first-order chi connectivity index (χ1) is 3.06. The summed E-state index contributed by atoms with van der Waals surface area (Å²) in [7, 11) is 1.53. The molecule has 0 unspecified atom stereocenters. The minimum Gasteiger partial charge on any atom is -0.848 e. The Kier molecular flexibility index (Phi) is 8.19. The van der Waals surface area contributed by atoms with Crippen molar-refractivity contribution in [3.8, 4) is 0 Å². The molecule has 0 heterocycles. The Morgan fingerprint density at radius 1 is 1.50 bits per heavy atom. The number of hydrogen-bond donors (Lipinski definition) is 0. The van der Waals surface area contributed by atoms with Crippen molar-refractivity contribution in [2.24, 2.45) is 0 Å². The summed E-state index contributed by atoms with van der Waals surface area (Å²) in [6, 6.07) is 0. The molecule has 3 heteroatoms. The van der Waals surface area contributed by atoms with Crippen LogP contribution in [0.15, 0.2) is 0 Å². The van der Waals surface area contributed by atoms with Gasteiger partial charge in [-0.05, 0) is 0 Å². The van der Waals surface area contributed by atoms with Crippen molar-refractivity contribution < 1.29 is 61.2 Å². The molecule has 0 saturated carbocycles. The molecule has 0 saturated heterocycles. The van der Waals surface area contributed by atoms with Crippen LogP contribution < -0.4 is 56.5 Å². The molecule has 0 amide bonds. The Morgan fingerprint density at radius 2 is 1.88 bits per heavy atom. The molecule has 0 atom stereocenters. The second-order valence-corrected chi connectivity index (χ2v) is 2.19. The van der Waals surface area contributed by atoms with Crippen LogP contribution in [0.2, 0.25) is 0 Å². The third kappa shape index (κ3) is 10.5. The normalized spacial score (nSPS) is 10.5. The zero-order valence-corrected chi connectivity index (χ0v) is 9.15. The first-order valence-electron chi connectivity index (χ1n) is 2.25. The predicted octanol–water partition coefficient (Wildman–Crippen LogP) is -3.22. The van der Waals surface area contributed by atoms with Gasteiger partial charge in [0, 0.05) is 13.7 Å². The molecule has 2 nitrogen and oxygen atoms in total. The van der Waals surface area contributed by atoms with Crippen LogP contribution in [0.4, 0.5) is 0 Å². The Morgan fingerprint density at radius 3 is 1.88 bits per heavy atom. The first kappa shape index (κ1) is 12.3. The summed E-state index contributed by atoms with van der Waals surface area (Å²) in [6.45, 7) is 3.47. The smallest absolute Gasteiger partial charge is 0.848 e. The SMILES string of the molecule is COCC(C)(C)[O-].[K+]. The molecule has 44 valence electrons. The molecule has 0 bridgehead atoms. The molecule has 0 N–H and O–H groups in total. The van der Waals surface area contributed by atoms with Gasteiger partial charge in [0.2, 0.25) is 0 Å². The van der Waals surface area contributed by atoms with Crippen molar-refractivity contribution in [2.45, 2.75) is 19.4 Å². The summed E-state index contributed by atoms with van der Waals surface area (Å²) < 4.78 is 4.59. The summed E-state index contributed by atoms with van der Waals surface area (Å²) >= 11 is 0. The van der Waals surface area contributed by atoms with E-state index < -0.39 is 5.60 Å². The van der Waals surface area contributed by atoms with E-state index in [9.17, 15) is 5.11 Å². The van der Waals surface area contributed by atoms with Crippen molar-refractivity contribution in [1.29, 1.82) is 0 Å². The molecule has 0 aliphatic heterocycles. The molecule has 0 aromatic rings. The molecule has 0 aliphatic carbocycles. The van der Waals surface area contributed by atoms with Crippen LogP contribution in [0.25, 0.3) is 0 Å². The van der Waals surface area contributed by atoms with Crippen LogP contribution in [0.5, 0.6) is 0 Å². The molecule has 0 spiro atoms. The molecule has 0 radical (unpaired) electrons. The maximum absolute atomic E-state index is 10.6. The average molecular weight is 142 g/mol. The Bertz CT molecular complexity index is 48.9. The van der Waals surface area contributed by atoms with Crippen molar-refractivity contribution in [1.82, 2.24) is 0 Å². The summed E-state index contributed by atoms with van der Waals surface area (Å²) in [4.78, 5) is 0. The molecular weight excluding hydrogens is 131 g/mol. The van der Waals surface area contributed by atoms with E-state index in [0.717, 1.165) is 0 Å². The van der Waals surface area contributed by atoms with E-state index in [2.05, 4.69) is 4.74 Å². The van der Waals surface area contributed by atoms with E-state index in [1.54, 1.807) is 13.8 Å². The Hall–Kier alpha value is 1.56. The number of hydrogen-bond acceptors (Lipinski definition) is 2. The summed E-state index contributed by atoms with van der Waals surface area (Å²) in [5.74, 6) is 0. The van der Waals surface area contributed by atoms with E-state index in [1.807, 2.05) is 0 Å². The van der Waals surface area contributed by atoms with Gasteiger partial charge in [0.1, 0.15) is 0 Å². The van der Waals surface area contributed by atoms with Gasteiger partial charge in [-0.2, -0.15) is 0 Å². The quantitative estimate of drug-likeness (QED) is 0.380. The zero-order chi connectivity index (χ0) is 5.91. The molecule has 0 aromatic heterocycles. The van der Waals surface area contributed by atoms with E-state index in [1.165, 1.54) is 7.11 Å². The minimum atomic E-state index is -0.922. The Balaban J connectivity index is 0. The fraction of sp³-hybridized carbons (Fsp3) is 1.00. The van der Waals surface area contributed by atoms with Crippen LogP contribution >= 0.6 is 0 Å². The predicted molar refractivity (Wildman–Crippen MR) is 26.0 cm³/mol. The third-order valence-electron chi connectivity index (χ3n) is 0.492. The van der Waals surface area contributed by atoms with E-state index >= 15 is 0 Å². The molecule has 0 fully saturated rings. The summed E-state index contributed by atoms with van der Waals surface area (Å²) in [6.07, 6.45) is 0. The van der Waals surface area contributed by atoms with Gasteiger partial charge in [0.25, 0.3) is 0 Å². The number of rotatable bonds is 2. The van der Waals surface area contributed by atoms with Crippen molar-refractivity contribution >= 4 is 0 Å². The van der Waals surface area contributed by atoms with Crippen molar-refractivity contribution in [3.05, 3.63) is 0 Å². The van der Waals surface area contributed by atoms with Gasteiger partial charge in [-0.15, -0.1) is 0 Å².